The van der Waals surface area contributed by atoms with E-state index in [9.17, 15) is 0 Å². The maximum Gasteiger partial charge on any atom is 0.191 e. The van der Waals surface area contributed by atoms with Crippen molar-refractivity contribution in [3.05, 3.63) is 11.6 Å². The van der Waals surface area contributed by atoms with Gasteiger partial charge in [-0.05, 0) is 26.2 Å². The van der Waals surface area contributed by atoms with Crippen molar-refractivity contribution < 1.29 is 4.74 Å². The number of aliphatic imine (C=N–C) groups is 1. The molecular weight excluding hydrogens is 352 g/mol. The lowest BCUT2D eigenvalue weighted by molar-refractivity contribution is -0.188. The minimum Gasteiger partial charge on any atom is -0.377 e. The van der Waals surface area contributed by atoms with Crippen molar-refractivity contribution in [2.75, 3.05) is 13.2 Å². The Bertz CT molecular complexity index is 724. The van der Waals surface area contributed by atoms with Crippen LogP contribution in [0.4, 0.5) is 0 Å². The summed E-state index contributed by atoms with van der Waals surface area (Å²) in [6.07, 6.45) is 4.81. The normalized spacial score (nSPS) is 31.7. The molecule has 1 aromatic rings. The van der Waals surface area contributed by atoms with Gasteiger partial charge in [0.2, 0.25) is 0 Å². The number of guanidine groups is 1. The van der Waals surface area contributed by atoms with E-state index in [4.69, 9.17) is 9.73 Å². The fourth-order valence-corrected chi connectivity index (χ4v) is 5.34. The van der Waals surface area contributed by atoms with Crippen molar-refractivity contribution in [1.29, 1.82) is 0 Å². The quantitative estimate of drug-likeness (QED) is 0.612. The summed E-state index contributed by atoms with van der Waals surface area (Å²) in [5.41, 5.74) is 0.139. The average molecular weight is 389 g/mol. The Hall–Kier alpha value is -1.63. The zero-order valence-corrected chi connectivity index (χ0v) is 18.0. The molecular formula is C21H36N6O. The van der Waals surface area contributed by atoms with E-state index in [2.05, 4.69) is 60.0 Å². The largest absolute Gasteiger partial charge is 0.377 e. The SMILES string of the molecule is CCN=C(NC1CCc2nnc(C(C)C)n2C1)NC1C2CCCOC2C1(C)C. The van der Waals surface area contributed by atoms with Gasteiger partial charge in [-0.25, -0.2) is 0 Å². The van der Waals surface area contributed by atoms with Crippen LogP contribution in [0.1, 0.15) is 71.4 Å². The second kappa shape index (κ2) is 7.65. The lowest BCUT2D eigenvalue weighted by atomic mass is 9.55. The van der Waals surface area contributed by atoms with Crippen molar-refractivity contribution in [3.8, 4) is 0 Å². The van der Waals surface area contributed by atoms with Gasteiger partial charge < -0.3 is 19.9 Å². The van der Waals surface area contributed by atoms with Gasteiger partial charge >= 0.3 is 0 Å². The molecule has 4 atom stereocenters. The number of hydrogen-bond donors (Lipinski definition) is 2. The summed E-state index contributed by atoms with van der Waals surface area (Å²) >= 11 is 0. The van der Waals surface area contributed by atoms with E-state index in [0.29, 0.717) is 30.0 Å². The molecule has 0 amide bonds. The first-order valence-electron chi connectivity index (χ1n) is 11.0. The summed E-state index contributed by atoms with van der Waals surface area (Å²) in [7, 11) is 0. The maximum atomic E-state index is 6.06. The highest BCUT2D eigenvalue weighted by atomic mass is 16.5. The van der Waals surface area contributed by atoms with Gasteiger partial charge in [0.1, 0.15) is 11.6 Å². The summed E-state index contributed by atoms with van der Waals surface area (Å²) in [5.74, 6) is 4.13. The first-order valence-corrected chi connectivity index (χ1v) is 11.0. The number of aromatic nitrogens is 3. The van der Waals surface area contributed by atoms with Gasteiger partial charge in [-0.15, -0.1) is 10.2 Å². The minimum absolute atomic E-state index is 0.139. The van der Waals surface area contributed by atoms with Crippen LogP contribution in [0.5, 0.6) is 0 Å². The fourth-order valence-electron chi connectivity index (χ4n) is 5.34. The Balaban J connectivity index is 1.43. The summed E-state index contributed by atoms with van der Waals surface area (Å²) in [4.78, 5) is 4.76. The van der Waals surface area contributed by atoms with Crippen molar-refractivity contribution in [3.63, 3.8) is 0 Å². The van der Waals surface area contributed by atoms with Crippen LogP contribution in [0.15, 0.2) is 4.99 Å². The molecule has 156 valence electrons. The van der Waals surface area contributed by atoms with E-state index < -0.39 is 0 Å². The third kappa shape index (κ3) is 3.42. The van der Waals surface area contributed by atoms with Crippen molar-refractivity contribution in [1.82, 2.24) is 25.4 Å². The number of nitrogens with one attached hydrogen (secondary N) is 2. The van der Waals surface area contributed by atoms with Crippen molar-refractivity contribution >= 4 is 5.96 Å². The molecule has 4 unspecified atom stereocenters. The summed E-state index contributed by atoms with van der Waals surface area (Å²) in [6, 6.07) is 0.760. The molecule has 0 aromatic carbocycles. The van der Waals surface area contributed by atoms with Crippen molar-refractivity contribution in [2.24, 2.45) is 16.3 Å². The van der Waals surface area contributed by atoms with E-state index in [1.54, 1.807) is 0 Å². The molecule has 3 aliphatic rings. The third-order valence-corrected chi connectivity index (χ3v) is 6.77. The highest BCUT2D eigenvalue weighted by Crippen LogP contribution is 2.51. The van der Waals surface area contributed by atoms with Gasteiger partial charge in [0.05, 0.1) is 6.10 Å². The van der Waals surface area contributed by atoms with Crippen LogP contribution in [0.25, 0.3) is 0 Å². The minimum atomic E-state index is 0.139. The molecule has 2 aliphatic heterocycles. The first kappa shape index (κ1) is 19.7. The third-order valence-electron chi connectivity index (χ3n) is 6.77. The fraction of sp³-hybridized carbons (Fsp3) is 0.857. The Morgan fingerprint density at radius 3 is 2.86 bits per heavy atom. The van der Waals surface area contributed by atoms with Crippen LogP contribution >= 0.6 is 0 Å². The van der Waals surface area contributed by atoms with Crippen LogP contribution in [0, 0.1) is 11.3 Å². The smallest absolute Gasteiger partial charge is 0.191 e. The molecule has 2 fully saturated rings. The van der Waals surface area contributed by atoms with Gasteiger partial charge in [-0.2, -0.15) is 0 Å². The number of aryl methyl sites for hydroxylation is 1. The van der Waals surface area contributed by atoms with E-state index in [1.165, 1.54) is 12.8 Å². The molecule has 28 heavy (non-hydrogen) atoms. The summed E-state index contributed by atoms with van der Waals surface area (Å²) in [5, 5.41) is 16.3. The van der Waals surface area contributed by atoms with Crippen LogP contribution in [-0.4, -0.2) is 52.1 Å². The Kier molecular flexibility index (Phi) is 5.38. The van der Waals surface area contributed by atoms with Gasteiger partial charge in [0.15, 0.2) is 5.96 Å². The number of hydrogen-bond acceptors (Lipinski definition) is 4. The molecule has 7 heteroatoms. The standard InChI is InChI=1S/C21H36N6O/c1-6-22-20(24-17-15-8-7-11-28-18(15)21(17,4)5)23-14-9-10-16-25-26-19(13(2)3)27(16)12-14/h13-15,17-18H,6-12H2,1-5H3,(H2,22,23,24). The van der Waals surface area contributed by atoms with Gasteiger partial charge in [0.25, 0.3) is 0 Å². The number of rotatable bonds is 4. The average Bonchev–Trinajstić information content (AvgIpc) is 3.09. The Morgan fingerprint density at radius 2 is 2.11 bits per heavy atom. The molecule has 2 N–H and O–H groups in total. The lowest BCUT2D eigenvalue weighted by Gasteiger charge is -2.60. The highest BCUT2D eigenvalue weighted by Gasteiger charge is 2.58. The molecule has 4 rings (SSSR count). The van der Waals surface area contributed by atoms with E-state index >= 15 is 0 Å². The molecule has 1 aromatic heterocycles. The molecule has 7 nitrogen and oxygen atoms in total. The predicted molar refractivity (Wildman–Crippen MR) is 111 cm³/mol. The molecule has 1 saturated carbocycles. The van der Waals surface area contributed by atoms with Crippen molar-refractivity contribution in [2.45, 2.75) is 91.0 Å². The zero-order valence-electron chi connectivity index (χ0n) is 18.0. The number of fused-ring (bicyclic) bond motifs is 2. The molecule has 0 spiro atoms. The number of nitrogens with zero attached hydrogens (tertiary/aromatic N) is 4. The lowest BCUT2D eigenvalue weighted by Crippen LogP contribution is -2.71. The van der Waals surface area contributed by atoms with Crippen LogP contribution in [0.3, 0.4) is 0 Å². The Labute approximate surface area is 168 Å². The summed E-state index contributed by atoms with van der Waals surface area (Å²) < 4.78 is 8.36. The van der Waals surface area contributed by atoms with Gasteiger partial charge in [-0.3, -0.25) is 4.99 Å². The molecule has 0 bridgehead atoms. The molecule has 1 aliphatic carbocycles. The van der Waals surface area contributed by atoms with Crippen LogP contribution in [-0.2, 0) is 17.7 Å². The molecule has 3 heterocycles. The van der Waals surface area contributed by atoms with Crippen LogP contribution < -0.4 is 10.6 Å². The second-order valence-electron chi connectivity index (χ2n) is 9.48. The second-order valence-corrected chi connectivity index (χ2v) is 9.48. The predicted octanol–water partition coefficient (Wildman–Crippen LogP) is 2.47. The highest BCUT2D eigenvalue weighted by molar-refractivity contribution is 5.80. The van der Waals surface area contributed by atoms with E-state index in [0.717, 1.165) is 50.1 Å². The van der Waals surface area contributed by atoms with Crippen LogP contribution in [0.2, 0.25) is 0 Å². The van der Waals surface area contributed by atoms with E-state index in [-0.39, 0.29) is 5.41 Å². The van der Waals surface area contributed by atoms with Gasteiger partial charge in [0, 0.05) is 55.5 Å². The number of ether oxygens (including phenoxy) is 1. The van der Waals surface area contributed by atoms with Gasteiger partial charge in [-0.1, -0.05) is 27.7 Å². The topological polar surface area (TPSA) is 76.4 Å². The maximum absolute atomic E-state index is 6.06. The molecule has 1 saturated heterocycles. The zero-order chi connectivity index (χ0) is 19.9. The first-order chi connectivity index (χ1) is 13.4. The molecule has 0 radical (unpaired) electrons. The summed E-state index contributed by atoms with van der Waals surface area (Å²) in [6.45, 7) is 13.7. The Morgan fingerprint density at radius 1 is 1.29 bits per heavy atom. The van der Waals surface area contributed by atoms with E-state index in [1.807, 2.05) is 0 Å². The monoisotopic (exact) mass is 388 g/mol.